The van der Waals surface area contributed by atoms with Crippen LogP contribution in [0.5, 0.6) is 17.2 Å². The molecule has 1 amide bonds. The summed E-state index contributed by atoms with van der Waals surface area (Å²) >= 11 is 0. The van der Waals surface area contributed by atoms with E-state index in [4.69, 9.17) is 14.2 Å². The third-order valence-corrected chi connectivity index (χ3v) is 5.92. The molecular weight excluding hydrogens is 520 g/mol. The molecule has 0 spiro atoms. The number of hydrazone groups is 1. The predicted molar refractivity (Wildman–Crippen MR) is 154 cm³/mol. The number of nitrogens with one attached hydrogen (secondary N) is 1. The number of rotatable bonds is 9. The molecule has 5 rings (SSSR count). The molecule has 0 heterocycles. The fraction of sp³-hybridized carbons (Fsp3) is 0.0303. The van der Waals surface area contributed by atoms with Crippen molar-refractivity contribution in [2.45, 2.75) is 0 Å². The number of hydrogen-bond acceptors (Lipinski definition) is 7. The van der Waals surface area contributed by atoms with Gasteiger partial charge in [-0.25, -0.2) is 15.0 Å². The largest absolute Gasteiger partial charge is 0.483 e. The van der Waals surface area contributed by atoms with Crippen LogP contribution in [0.1, 0.15) is 26.3 Å². The van der Waals surface area contributed by atoms with Crippen LogP contribution in [-0.2, 0) is 4.79 Å². The molecule has 0 atom stereocenters. The van der Waals surface area contributed by atoms with E-state index in [9.17, 15) is 14.4 Å². The van der Waals surface area contributed by atoms with E-state index in [0.29, 0.717) is 22.4 Å². The standard InChI is InChI=1S/C33H24N2O6/c36-31(22-39-29-17-9-15-23-10-7-8-16-28(23)29)35-34-21-26-18-19-27(40-32(37)24-11-3-1-4-12-24)20-30(26)41-33(38)25-13-5-2-6-14-25/h1-21H,22H2,(H,35,36)/b34-21+. The number of amides is 1. The Kier molecular flexibility index (Phi) is 8.42. The first-order valence-corrected chi connectivity index (χ1v) is 12.7. The molecule has 0 aliphatic rings. The molecule has 0 unspecified atom stereocenters. The van der Waals surface area contributed by atoms with Crippen LogP contribution >= 0.6 is 0 Å². The van der Waals surface area contributed by atoms with Crippen molar-refractivity contribution in [2.24, 2.45) is 5.10 Å². The second kappa shape index (κ2) is 12.9. The van der Waals surface area contributed by atoms with Gasteiger partial charge in [-0.1, -0.05) is 72.8 Å². The highest BCUT2D eigenvalue weighted by atomic mass is 16.5. The summed E-state index contributed by atoms with van der Waals surface area (Å²) in [5, 5.41) is 5.88. The Morgan fingerprint density at radius 1 is 0.659 bits per heavy atom. The van der Waals surface area contributed by atoms with Gasteiger partial charge >= 0.3 is 11.9 Å². The van der Waals surface area contributed by atoms with Gasteiger partial charge in [0.05, 0.1) is 17.3 Å². The molecule has 5 aromatic rings. The van der Waals surface area contributed by atoms with Gasteiger partial charge in [0.15, 0.2) is 6.61 Å². The fourth-order valence-corrected chi connectivity index (χ4v) is 3.92. The molecule has 8 heteroatoms. The van der Waals surface area contributed by atoms with Crippen LogP contribution in [-0.4, -0.2) is 30.7 Å². The molecule has 5 aromatic carbocycles. The van der Waals surface area contributed by atoms with Crippen LogP contribution in [0.15, 0.2) is 126 Å². The lowest BCUT2D eigenvalue weighted by molar-refractivity contribution is -0.123. The molecule has 0 fully saturated rings. The average Bonchev–Trinajstić information content (AvgIpc) is 3.02. The zero-order valence-corrected chi connectivity index (χ0v) is 21.7. The third kappa shape index (κ3) is 7.01. The molecule has 0 bridgehead atoms. The number of esters is 2. The molecule has 0 saturated heterocycles. The van der Waals surface area contributed by atoms with Crippen LogP contribution in [0.4, 0.5) is 0 Å². The number of carbonyl (C=O) groups is 3. The number of benzene rings is 5. The van der Waals surface area contributed by atoms with Crippen LogP contribution in [0.2, 0.25) is 0 Å². The van der Waals surface area contributed by atoms with Crippen LogP contribution in [0.3, 0.4) is 0 Å². The fourth-order valence-electron chi connectivity index (χ4n) is 3.92. The van der Waals surface area contributed by atoms with Crippen molar-refractivity contribution in [3.05, 3.63) is 138 Å². The average molecular weight is 545 g/mol. The normalized spacial score (nSPS) is 10.7. The molecule has 0 radical (unpaired) electrons. The summed E-state index contributed by atoms with van der Waals surface area (Å²) in [6.07, 6.45) is 1.33. The highest BCUT2D eigenvalue weighted by Crippen LogP contribution is 2.26. The van der Waals surface area contributed by atoms with Crippen molar-refractivity contribution in [2.75, 3.05) is 6.61 Å². The first kappa shape index (κ1) is 26.8. The molecule has 8 nitrogen and oxygen atoms in total. The van der Waals surface area contributed by atoms with Crippen LogP contribution < -0.4 is 19.6 Å². The summed E-state index contributed by atoms with van der Waals surface area (Å²) in [6, 6.07) is 34.8. The summed E-state index contributed by atoms with van der Waals surface area (Å²) < 4.78 is 16.8. The molecule has 0 aromatic heterocycles. The molecule has 202 valence electrons. The maximum Gasteiger partial charge on any atom is 0.343 e. The predicted octanol–water partition coefficient (Wildman–Crippen LogP) is 5.81. The lowest BCUT2D eigenvalue weighted by Crippen LogP contribution is -2.24. The Morgan fingerprint density at radius 2 is 1.29 bits per heavy atom. The van der Waals surface area contributed by atoms with Crippen LogP contribution in [0, 0.1) is 0 Å². The molecule has 41 heavy (non-hydrogen) atoms. The van der Waals surface area contributed by atoms with Gasteiger partial charge in [0, 0.05) is 17.0 Å². The van der Waals surface area contributed by atoms with E-state index < -0.39 is 17.8 Å². The number of nitrogens with zero attached hydrogens (tertiary/aromatic N) is 1. The highest BCUT2D eigenvalue weighted by Gasteiger charge is 2.15. The Balaban J connectivity index is 1.28. The summed E-state index contributed by atoms with van der Waals surface area (Å²) in [7, 11) is 0. The minimum Gasteiger partial charge on any atom is -0.483 e. The maximum absolute atomic E-state index is 12.8. The van der Waals surface area contributed by atoms with Crippen molar-refractivity contribution in [3.8, 4) is 17.2 Å². The van der Waals surface area contributed by atoms with Gasteiger partial charge in [0.2, 0.25) is 0 Å². The Labute approximate surface area is 235 Å². The molecule has 0 aliphatic carbocycles. The van der Waals surface area contributed by atoms with Gasteiger partial charge in [0.1, 0.15) is 17.2 Å². The molecule has 0 aliphatic heterocycles. The van der Waals surface area contributed by atoms with E-state index in [2.05, 4.69) is 10.5 Å². The topological polar surface area (TPSA) is 103 Å². The van der Waals surface area contributed by atoms with E-state index >= 15 is 0 Å². The second-order valence-electron chi connectivity index (χ2n) is 8.77. The van der Waals surface area contributed by atoms with Gasteiger partial charge in [-0.2, -0.15) is 5.10 Å². The minimum absolute atomic E-state index is 0.0854. The number of carbonyl (C=O) groups excluding carboxylic acids is 3. The van der Waals surface area contributed by atoms with Gasteiger partial charge in [-0.3, -0.25) is 4.79 Å². The van der Waals surface area contributed by atoms with Crippen molar-refractivity contribution in [1.82, 2.24) is 5.43 Å². The Hall–Kier alpha value is -5.76. The van der Waals surface area contributed by atoms with Crippen molar-refractivity contribution < 1.29 is 28.6 Å². The van der Waals surface area contributed by atoms with Crippen molar-refractivity contribution in [1.29, 1.82) is 0 Å². The number of ether oxygens (including phenoxy) is 3. The van der Waals surface area contributed by atoms with E-state index in [1.165, 1.54) is 18.3 Å². The third-order valence-electron chi connectivity index (χ3n) is 5.92. The van der Waals surface area contributed by atoms with E-state index in [0.717, 1.165) is 10.8 Å². The van der Waals surface area contributed by atoms with Gasteiger partial charge in [-0.05, 0) is 47.9 Å². The SMILES string of the molecule is O=C(COc1cccc2ccccc12)N/N=C/c1ccc(OC(=O)c2ccccc2)cc1OC(=O)c1ccccc1. The summed E-state index contributed by atoms with van der Waals surface area (Å²) in [6.45, 7) is -0.254. The van der Waals surface area contributed by atoms with Crippen molar-refractivity contribution >= 4 is 34.8 Å². The minimum atomic E-state index is -0.612. The first-order chi connectivity index (χ1) is 20.1. The van der Waals surface area contributed by atoms with E-state index in [-0.39, 0.29) is 18.1 Å². The number of hydrogen-bond donors (Lipinski definition) is 1. The molecule has 1 N–H and O–H groups in total. The monoisotopic (exact) mass is 544 g/mol. The zero-order chi connectivity index (χ0) is 28.4. The summed E-state index contributed by atoms with van der Waals surface area (Å²) in [5.74, 6) is -0.824. The lowest BCUT2D eigenvalue weighted by atomic mass is 10.1. The zero-order valence-electron chi connectivity index (χ0n) is 21.7. The maximum atomic E-state index is 12.8. The molecule has 0 saturated carbocycles. The quantitative estimate of drug-likeness (QED) is 0.109. The smallest absolute Gasteiger partial charge is 0.343 e. The summed E-state index contributed by atoms with van der Waals surface area (Å²) in [4.78, 5) is 37.7. The first-order valence-electron chi connectivity index (χ1n) is 12.7. The van der Waals surface area contributed by atoms with Gasteiger partial charge < -0.3 is 14.2 Å². The van der Waals surface area contributed by atoms with Crippen LogP contribution in [0.25, 0.3) is 10.8 Å². The second-order valence-corrected chi connectivity index (χ2v) is 8.77. The van der Waals surface area contributed by atoms with Gasteiger partial charge in [-0.15, -0.1) is 0 Å². The Morgan fingerprint density at radius 3 is 2.02 bits per heavy atom. The van der Waals surface area contributed by atoms with Gasteiger partial charge in [0.25, 0.3) is 5.91 Å². The lowest BCUT2D eigenvalue weighted by Gasteiger charge is -2.11. The van der Waals surface area contributed by atoms with E-state index in [1.54, 1.807) is 72.8 Å². The molecular formula is C33H24N2O6. The van der Waals surface area contributed by atoms with E-state index in [1.807, 2.05) is 36.4 Å². The summed E-state index contributed by atoms with van der Waals surface area (Å²) in [5.41, 5.74) is 3.48. The van der Waals surface area contributed by atoms with Crippen molar-refractivity contribution in [3.63, 3.8) is 0 Å². The highest BCUT2D eigenvalue weighted by molar-refractivity contribution is 5.94. The number of fused-ring (bicyclic) bond motifs is 1. The Bertz CT molecular complexity index is 1710.